The summed E-state index contributed by atoms with van der Waals surface area (Å²) in [5.74, 6) is -0.538. The van der Waals surface area contributed by atoms with Gasteiger partial charge in [-0.15, -0.1) is 10.2 Å². The van der Waals surface area contributed by atoms with Gasteiger partial charge in [0.1, 0.15) is 0 Å². The highest BCUT2D eigenvalue weighted by Gasteiger charge is 2.34. The third kappa shape index (κ3) is 4.30. The van der Waals surface area contributed by atoms with Crippen molar-refractivity contribution >= 4 is 17.1 Å². The lowest BCUT2D eigenvalue weighted by Gasteiger charge is -2.14. The third-order valence-corrected chi connectivity index (χ3v) is 5.44. The summed E-state index contributed by atoms with van der Waals surface area (Å²) in [6.07, 6.45) is -5.58. The smallest absolute Gasteiger partial charge is 0.417 e. The van der Waals surface area contributed by atoms with E-state index in [-0.39, 0.29) is 39.7 Å². The summed E-state index contributed by atoms with van der Waals surface area (Å²) < 4.78 is 57.2. The lowest BCUT2D eigenvalue weighted by molar-refractivity contribution is -0.137. The van der Waals surface area contributed by atoms with Crippen LogP contribution in [0.5, 0.6) is 0 Å². The van der Waals surface area contributed by atoms with Crippen LogP contribution >= 0.6 is 0 Å². The van der Waals surface area contributed by atoms with Gasteiger partial charge in [-0.3, -0.25) is 0 Å². The molecule has 0 fully saturated rings. The Morgan fingerprint density at radius 2 is 1.75 bits per heavy atom. The Labute approximate surface area is 201 Å². The third-order valence-electron chi connectivity index (χ3n) is 5.44. The summed E-state index contributed by atoms with van der Waals surface area (Å²) in [6.45, 7) is 3.13. The molecule has 3 aromatic heterocycles. The van der Waals surface area contributed by atoms with Crippen molar-refractivity contribution in [2.75, 3.05) is 0 Å². The molecule has 11 heteroatoms. The van der Waals surface area contributed by atoms with Gasteiger partial charge < -0.3 is 13.7 Å². The standard InChI is InChI=1S/C25H17F3N4O4/c1-13-20-17(24(33)34-14(2)21-30-31-22(35-21)15-8-4-3-5-9-15)12-19(29-23(20)36-32-13)16-10-6-7-11-18(16)25(26,27)28/h3-12,14H,1-2H3. The first-order chi connectivity index (χ1) is 17.2. The number of aryl methyl sites for hydroxylation is 1. The fourth-order valence-electron chi connectivity index (χ4n) is 3.72. The van der Waals surface area contributed by atoms with Crippen molar-refractivity contribution in [3.05, 3.63) is 83.4 Å². The molecule has 2 aromatic carbocycles. The first kappa shape index (κ1) is 23.2. The summed E-state index contributed by atoms with van der Waals surface area (Å²) in [4.78, 5) is 17.4. The van der Waals surface area contributed by atoms with E-state index in [1.54, 1.807) is 26.0 Å². The fraction of sp³-hybridized carbons (Fsp3) is 0.160. The van der Waals surface area contributed by atoms with Gasteiger partial charge in [-0.05, 0) is 38.1 Å². The van der Waals surface area contributed by atoms with Gasteiger partial charge in [-0.2, -0.15) is 13.2 Å². The zero-order chi connectivity index (χ0) is 25.4. The Morgan fingerprint density at radius 1 is 1.03 bits per heavy atom. The molecule has 1 atom stereocenters. The predicted molar refractivity (Wildman–Crippen MR) is 121 cm³/mol. The summed E-state index contributed by atoms with van der Waals surface area (Å²) in [7, 11) is 0. The first-order valence-electron chi connectivity index (χ1n) is 10.8. The van der Waals surface area contributed by atoms with Gasteiger partial charge in [0, 0.05) is 11.1 Å². The van der Waals surface area contributed by atoms with Crippen molar-refractivity contribution in [3.8, 4) is 22.7 Å². The van der Waals surface area contributed by atoms with Crippen LogP contribution in [0.15, 0.2) is 69.6 Å². The van der Waals surface area contributed by atoms with Gasteiger partial charge in [0.15, 0.2) is 6.10 Å². The molecule has 0 saturated heterocycles. The highest BCUT2D eigenvalue weighted by molar-refractivity contribution is 6.04. The van der Waals surface area contributed by atoms with Crippen LogP contribution in [0.1, 0.15) is 40.5 Å². The molecule has 0 spiro atoms. The minimum Gasteiger partial charge on any atom is -0.449 e. The second-order valence-corrected chi connectivity index (χ2v) is 7.91. The average molecular weight is 494 g/mol. The molecule has 182 valence electrons. The van der Waals surface area contributed by atoms with E-state index in [1.807, 2.05) is 18.2 Å². The molecular weight excluding hydrogens is 477 g/mol. The summed E-state index contributed by atoms with van der Waals surface area (Å²) in [5.41, 5.74) is -0.357. The topological polar surface area (TPSA) is 104 Å². The van der Waals surface area contributed by atoms with E-state index in [4.69, 9.17) is 13.7 Å². The van der Waals surface area contributed by atoms with Gasteiger partial charge in [-0.25, -0.2) is 9.78 Å². The van der Waals surface area contributed by atoms with E-state index < -0.39 is 23.8 Å². The minimum atomic E-state index is -4.63. The molecule has 0 N–H and O–H groups in total. The van der Waals surface area contributed by atoms with Crippen molar-refractivity contribution in [1.29, 1.82) is 0 Å². The van der Waals surface area contributed by atoms with E-state index in [0.29, 0.717) is 11.3 Å². The number of hydrogen-bond acceptors (Lipinski definition) is 8. The molecule has 0 radical (unpaired) electrons. The number of esters is 1. The Hall–Kier alpha value is -4.54. The van der Waals surface area contributed by atoms with Crippen LogP contribution in [0, 0.1) is 6.92 Å². The molecule has 36 heavy (non-hydrogen) atoms. The number of aromatic nitrogens is 4. The SMILES string of the molecule is Cc1noc2nc(-c3ccccc3C(F)(F)F)cc(C(=O)OC(C)c3nnc(-c4ccccc4)o3)c12. The first-order valence-corrected chi connectivity index (χ1v) is 10.8. The highest BCUT2D eigenvalue weighted by atomic mass is 19.4. The number of hydrogen-bond donors (Lipinski definition) is 0. The van der Waals surface area contributed by atoms with E-state index in [1.165, 1.54) is 24.3 Å². The monoisotopic (exact) mass is 494 g/mol. The van der Waals surface area contributed by atoms with Crippen LogP contribution in [0.3, 0.4) is 0 Å². The number of fused-ring (bicyclic) bond motifs is 1. The molecule has 5 aromatic rings. The van der Waals surface area contributed by atoms with Crippen LogP contribution < -0.4 is 0 Å². The van der Waals surface area contributed by atoms with Gasteiger partial charge >= 0.3 is 12.1 Å². The molecule has 0 saturated carbocycles. The average Bonchev–Trinajstić information content (AvgIpc) is 3.51. The maximum Gasteiger partial charge on any atom is 0.417 e. The van der Waals surface area contributed by atoms with Crippen LogP contribution in [-0.2, 0) is 10.9 Å². The van der Waals surface area contributed by atoms with Crippen molar-refractivity contribution in [3.63, 3.8) is 0 Å². The molecule has 8 nitrogen and oxygen atoms in total. The molecule has 3 heterocycles. The second kappa shape index (κ2) is 8.91. The normalized spacial score (nSPS) is 12.6. The number of benzene rings is 2. The number of alkyl halides is 3. The molecular formula is C25H17F3N4O4. The van der Waals surface area contributed by atoms with E-state index in [2.05, 4.69) is 20.3 Å². The summed E-state index contributed by atoms with van der Waals surface area (Å²) in [6, 6.07) is 15.2. The summed E-state index contributed by atoms with van der Waals surface area (Å²) in [5, 5.41) is 12.0. The van der Waals surface area contributed by atoms with Gasteiger partial charge in [-0.1, -0.05) is 41.6 Å². The van der Waals surface area contributed by atoms with Crippen molar-refractivity contribution in [1.82, 2.24) is 20.3 Å². The fourth-order valence-corrected chi connectivity index (χ4v) is 3.72. The van der Waals surface area contributed by atoms with Gasteiger partial charge in [0.2, 0.25) is 5.89 Å². The molecule has 0 aliphatic rings. The van der Waals surface area contributed by atoms with Crippen molar-refractivity contribution in [2.24, 2.45) is 0 Å². The Bertz CT molecular complexity index is 1560. The van der Waals surface area contributed by atoms with Crippen LogP contribution in [0.4, 0.5) is 13.2 Å². The van der Waals surface area contributed by atoms with Crippen molar-refractivity contribution in [2.45, 2.75) is 26.1 Å². The van der Waals surface area contributed by atoms with Gasteiger partial charge in [0.05, 0.1) is 27.9 Å². The molecule has 1 unspecified atom stereocenters. The van der Waals surface area contributed by atoms with Crippen LogP contribution in [-0.4, -0.2) is 26.3 Å². The lowest BCUT2D eigenvalue weighted by Crippen LogP contribution is -2.12. The number of carbonyl (C=O) groups is 1. The van der Waals surface area contributed by atoms with Crippen molar-refractivity contribution < 1.29 is 31.6 Å². The highest BCUT2D eigenvalue weighted by Crippen LogP contribution is 2.38. The lowest BCUT2D eigenvalue weighted by atomic mass is 10.0. The number of pyridine rings is 1. The van der Waals surface area contributed by atoms with Crippen LogP contribution in [0.25, 0.3) is 33.8 Å². The van der Waals surface area contributed by atoms with E-state index in [9.17, 15) is 18.0 Å². The zero-order valence-corrected chi connectivity index (χ0v) is 18.9. The number of carbonyl (C=O) groups excluding carboxylic acids is 1. The number of ether oxygens (including phenoxy) is 1. The maximum atomic E-state index is 13.6. The molecule has 0 amide bonds. The molecule has 0 bridgehead atoms. The number of rotatable bonds is 5. The number of nitrogens with zero attached hydrogens (tertiary/aromatic N) is 4. The second-order valence-electron chi connectivity index (χ2n) is 7.91. The summed E-state index contributed by atoms with van der Waals surface area (Å²) >= 11 is 0. The predicted octanol–water partition coefficient (Wildman–Crippen LogP) is 6.19. The zero-order valence-electron chi connectivity index (χ0n) is 18.9. The maximum absolute atomic E-state index is 13.6. The quantitative estimate of drug-likeness (QED) is 0.267. The Balaban J connectivity index is 1.50. The Morgan fingerprint density at radius 3 is 2.50 bits per heavy atom. The molecule has 5 rings (SSSR count). The molecule has 0 aliphatic carbocycles. The number of halogens is 3. The molecule has 0 aliphatic heterocycles. The van der Waals surface area contributed by atoms with Gasteiger partial charge in [0.25, 0.3) is 11.6 Å². The van der Waals surface area contributed by atoms with E-state index in [0.717, 1.165) is 6.07 Å². The minimum absolute atomic E-state index is 0.0529. The Kier molecular flexibility index (Phi) is 5.75. The van der Waals surface area contributed by atoms with E-state index >= 15 is 0 Å². The largest absolute Gasteiger partial charge is 0.449 e. The van der Waals surface area contributed by atoms with Crippen LogP contribution in [0.2, 0.25) is 0 Å².